The van der Waals surface area contributed by atoms with Crippen molar-refractivity contribution in [2.45, 2.75) is 19.8 Å². The number of piperazine rings is 1. The number of carbonyl (C=O) groups excluding carboxylic acids is 4. The van der Waals surface area contributed by atoms with Crippen molar-refractivity contribution < 1.29 is 19.2 Å². The first-order valence-corrected chi connectivity index (χ1v) is 8.75. The second-order valence-electron chi connectivity index (χ2n) is 6.44. The maximum absolute atomic E-state index is 12.6. The van der Waals surface area contributed by atoms with Gasteiger partial charge < -0.3 is 15.1 Å². The fourth-order valence-electron chi connectivity index (χ4n) is 3.01. The Morgan fingerprint density at radius 2 is 1.56 bits per heavy atom. The third-order valence-electron chi connectivity index (χ3n) is 4.46. The average molecular weight is 371 g/mol. The van der Waals surface area contributed by atoms with E-state index in [1.54, 1.807) is 34.1 Å². The lowest BCUT2D eigenvalue weighted by molar-refractivity contribution is -0.126. The van der Waals surface area contributed by atoms with Gasteiger partial charge in [-0.25, -0.2) is 5.43 Å². The molecule has 1 fully saturated rings. The van der Waals surface area contributed by atoms with Crippen molar-refractivity contribution >= 4 is 35.0 Å². The zero-order chi connectivity index (χ0) is 19.4. The summed E-state index contributed by atoms with van der Waals surface area (Å²) in [6.45, 7) is 3.12. The van der Waals surface area contributed by atoms with Crippen LogP contribution < -0.4 is 10.7 Å². The van der Waals surface area contributed by atoms with Crippen molar-refractivity contribution in [1.82, 2.24) is 15.2 Å². The predicted octanol–water partition coefficient (Wildman–Crippen LogP) is 0.195. The summed E-state index contributed by atoms with van der Waals surface area (Å²) < 4.78 is 0. The van der Waals surface area contributed by atoms with Crippen molar-refractivity contribution in [3.8, 4) is 0 Å². The minimum absolute atomic E-state index is 0.112. The molecule has 0 atom stereocenters. The Bertz CT molecular complexity index is 794. The Hall–Kier alpha value is -3.23. The number of nitrogens with one attached hydrogen (secondary N) is 2. The lowest BCUT2D eigenvalue weighted by atomic mass is 10.1. The molecule has 1 saturated heterocycles. The van der Waals surface area contributed by atoms with E-state index in [1.807, 2.05) is 0 Å². The number of anilines is 1. The summed E-state index contributed by atoms with van der Waals surface area (Å²) in [4.78, 5) is 50.6. The van der Waals surface area contributed by atoms with Crippen LogP contribution >= 0.6 is 0 Å². The van der Waals surface area contributed by atoms with E-state index in [4.69, 9.17) is 0 Å². The van der Waals surface area contributed by atoms with Gasteiger partial charge in [-0.05, 0) is 24.3 Å². The van der Waals surface area contributed by atoms with Crippen LogP contribution in [0.15, 0.2) is 29.4 Å². The maximum Gasteiger partial charge on any atom is 0.270 e. The lowest BCUT2D eigenvalue weighted by Gasteiger charge is -2.35. The Labute approximate surface area is 156 Å². The number of carbonyl (C=O) groups is 4. The van der Waals surface area contributed by atoms with Gasteiger partial charge in [-0.1, -0.05) is 0 Å². The summed E-state index contributed by atoms with van der Waals surface area (Å²) >= 11 is 0. The Morgan fingerprint density at radius 3 is 2.07 bits per heavy atom. The number of hydrogen-bond donors (Lipinski definition) is 2. The van der Waals surface area contributed by atoms with Gasteiger partial charge in [0, 0.05) is 57.2 Å². The minimum atomic E-state index is -0.193. The zero-order valence-corrected chi connectivity index (χ0v) is 15.0. The van der Waals surface area contributed by atoms with Crippen LogP contribution in [0.4, 0.5) is 5.69 Å². The molecule has 1 aromatic rings. The minimum Gasteiger partial charge on any atom is -0.335 e. The Morgan fingerprint density at radius 1 is 0.963 bits per heavy atom. The number of hydrazone groups is 1. The van der Waals surface area contributed by atoms with Gasteiger partial charge in [0.05, 0.1) is 0 Å². The second-order valence-corrected chi connectivity index (χ2v) is 6.44. The first-order chi connectivity index (χ1) is 12.9. The molecular formula is C18H21N5O4. The van der Waals surface area contributed by atoms with E-state index in [0.29, 0.717) is 49.6 Å². The van der Waals surface area contributed by atoms with Gasteiger partial charge in [-0.15, -0.1) is 0 Å². The summed E-state index contributed by atoms with van der Waals surface area (Å²) in [5.41, 5.74) is 3.84. The van der Waals surface area contributed by atoms with Crippen LogP contribution in [0.1, 0.15) is 30.1 Å². The van der Waals surface area contributed by atoms with Crippen LogP contribution in [0, 0.1) is 0 Å². The van der Waals surface area contributed by atoms with Gasteiger partial charge in [0.2, 0.25) is 11.8 Å². The van der Waals surface area contributed by atoms with Gasteiger partial charge in [0.15, 0.2) is 0 Å². The number of rotatable bonds is 3. The standard InChI is InChI=1S/C18H21N5O4/c1-12(24)19-14-4-2-13(3-5-14)17(26)22-8-10-23(11-9-22)18(27)15-6-7-16(25)21-20-15/h2-5H,6-11H2,1H3,(H,19,24)(H,21,25). The van der Waals surface area contributed by atoms with E-state index in [-0.39, 0.29) is 30.0 Å². The molecule has 0 aromatic heterocycles. The molecule has 9 heteroatoms. The monoisotopic (exact) mass is 371 g/mol. The molecule has 0 unspecified atom stereocenters. The number of amides is 4. The van der Waals surface area contributed by atoms with Gasteiger partial charge in [-0.3, -0.25) is 19.2 Å². The third kappa shape index (κ3) is 4.49. The largest absolute Gasteiger partial charge is 0.335 e. The van der Waals surface area contributed by atoms with Gasteiger partial charge >= 0.3 is 0 Å². The van der Waals surface area contributed by atoms with Gasteiger partial charge in [-0.2, -0.15) is 5.10 Å². The van der Waals surface area contributed by atoms with Crippen LogP contribution in [0.3, 0.4) is 0 Å². The highest BCUT2D eigenvalue weighted by atomic mass is 16.2. The molecule has 142 valence electrons. The van der Waals surface area contributed by atoms with Crippen molar-refractivity contribution in [1.29, 1.82) is 0 Å². The van der Waals surface area contributed by atoms with Crippen LogP contribution in [-0.4, -0.2) is 65.3 Å². The molecule has 9 nitrogen and oxygen atoms in total. The molecule has 4 amide bonds. The lowest BCUT2D eigenvalue weighted by Crippen LogP contribution is -2.52. The molecule has 0 radical (unpaired) electrons. The molecule has 3 rings (SSSR count). The summed E-state index contributed by atoms with van der Waals surface area (Å²) in [5, 5.41) is 6.49. The normalized spacial score (nSPS) is 17.1. The number of benzene rings is 1. The van der Waals surface area contributed by atoms with Crippen LogP contribution in [0.25, 0.3) is 0 Å². The van der Waals surface area contributed by atoms with Gasteiger partial charge in [0.25, 0.3) is 11.8 Å². The smallest absolute Gasteiger partial charge is 0.270 e. The molecule has 2 N–H and O–H groups in total. The van der Waals surface area contributed by atoms with Crippen LogP contribution in [0.2, 0.25) is 0 Å². The van der Waals surface area contributed by atoms with Crippen molar-refractivity contribution in [2.24, 2.45) is 5.10 Å². The summed E-state index contributed by atoms with van der Waals surface area (Å²) in [5.74, 6) is -0.663. The van der Waals surface area contributed by atoms with E-state index in [1.165, 1.54) is 6.92 Å². The highest BCUT2D eigenvalue weighted by Crippen LogP contribution is 2.14. The van der Waals surface area contributed by atoms with E-state index < -0.39 is 0 Å². The summed E-state index contributed by atoms with van der Waals surface area (Å²) in [6.07, 6.45) is 0.599. The van der Waals surface area contributed by atoms with Crippen molar-refractivity contribution in [2.75, 3.05) is 31.5 Å². The Kier molecular flexibility index (Phi) is 5.49. The predicted molar refractivity (Wildman–Crippen MR) is 98.0 cm³/mol. The van der Waals surface area contributed by atoms with Crippen LogP contribution in [0.5, 0.6) is 0 Å². The highest BCUT2D eigenvalue weighted by molar-refractivity contribution is 6.39. The molecule has 0 bridgehead atoms. The third-order valence-corrected chi connectivity index (χ3v) is 4.46. The average Bonchev–Trinajstić information content (AvgIpc) is 2.68. The van der Waals surface area contributed by atoms with Crippen molar-refractivity contribution in [3.05, 3.63) is 29.8 Å². The number of nitrogens with zero attached hydrogens (tertiary/aromatic N) is 3. The molecule has 0 saturated carbocycles. The van der Waals surface area contributed by atoms with Crippen molar-refractivity contribution in [3.63, 3.8) is 0 Å². The van der Waals surface area contributed by atoms with Gasteiger partial charge in [0.1, 0.15) is 5.71 Å². The Balaban J connectivity index is 1.55. The van der Waals surface area contributed by atoms with E-state index in [0.717, 1.165) is 0 Å². The van der Waals surface area contributed by atoms with E-state index in [9.17, 15) is 19.2 Å². The first kappa shape index (κ1) is 18.6. The molecule has 1 aromatic carbocycles. The van der Waals surface area contributed by atoms with E-state index >= 15 is 0 Å². The first-order valence-electron chi connectivity index (χ1n) is 8.75. The summed E-state index contributed by atoms with van der Waals surface area (Å²) in [6, 6.07) is 6.71. The zero-order valence-electron chi connectivity index (χ0n) is 15.0. The summed E-state index contributed by atoms with van der Waals surface area (Å²) in [7, 11) is 0. The topological polar surface area (TPSA) is 111 Å². The fraction of sp³-hybridized carbons (Fsp3) is 0.389. The molecule has 27 heavy (non-hydrogen) atoms. The highest BCUT2D eigenvalue weighted by Gasteiger charge is 2.28. The molecule has 2 heterocycles. The second kappa shape index (κ2) is 7.98. The molecule has 2 aliphatic heterocycles. The quantitative estimate of drug-likeness (QED) is 0.790. The SMILES string of the molecule is CC(=O)Nc1ccc(C(=O)N2CCN(C(=O)C3=NNC(=O)CC3)CC2)cc1. The fourth-order valence-corrected chi connectivity index (χ4v) is 3.01. The number of hydrogen-bond acceptors (Lipinski definition) is 5. The molecule has 2 aliphatic rings. The van der Waals surface area contributed by atoms with Crippen LogP contribution in [-0.2, 0) is 14.4 Å². The molecule has 0 aliphatic carbocycles. The van der Waals surface area contributed by atoms with E-state index in [2.05, 4.69) is 15.8 Å². The molecule has 0 spiro atoms. The maximum atomic E-state index is 12.6. The molecular weight excluding hydrogens is 350 g/mol.